The Labute approximate surface area is 166 Å². The van der Waals surface area contributed by atoms with Crippen molar-refractivity contribution in [3.63, 3.8) is 0 Å². The second-order valence-electron chi connectivity index (χ2n) is 8.33. The van der Waals surface area contributed by atoms with Crippen LogP contribution in [0, 0.1) is 5.41 Å². The summed E-state index contributed by atoms with van der Waals surface area (Å²) in [6, 6.07) is 8.65. The van der Waals surface area contributed by atoms with Gasteiger partial charge in [-0.1, -0.05) is 12.1 Å². The zero-order chi connectivity index (χ0) is 18.8. The van der Waals surface area contributed by atoms with E-state index in [4.69, 9.17) is 9.72 Å². The first-order valence-corrected chi connectivity index (χ1v) is 10.5. The summed E-state index contributed by atoms with van der Waals surface area (Å²) in [6.45, 7) is 7.99. The van der Waals surface area contributed by atoms with Crippen LogP contribution in [-0.4, -0.2) is 62.5 Å². The molecule has 0 bridgehead atoms. The molecule has 0 radical (unpaired) electrons. The normalized spacial score (nSPS) is 22.0. The molecule has 1 spiro atoms. The molecule has 0 atom stereocenters. The molecule has 4 heterocycles. The third-order valence-corrected chi connectivity index (χ3v) is 6.62. The second-order valence-corrected chi connectivity index (χ2v) is 8.33. The number of nitrogens with zero attached hydrogens (tertiary/aromatic N) is 4. The summed E-state index contributed by atoms with van der Waals surface area (Å²) in [5.74, 6) is 1.01. The Morgan fingerprint density at radius 2 is 1.82 bits per heavy atom. The van der Waals surface area contributed by atoms with E-state index in [1.54, 1.807) is 0 Å². The largest absolute Gasteiger partial charge is 0.378 e. The summed E-state index contributed by atoms with van der Waals surface area (Å²) >= 11 is 0. The van der Waals surface area contributed by atoms with E-state index >= 15 is 0 Å². The van der Waals surface area contributed by atoms with Gasteiger partial charge in [-0.3, -0.25) is 4.98 Å². The Morgan fingerprint density at radius 3 is 2.61 bits per heavy atom. The van der Waals surface area contributed by atoms with Gasteiger partial charge in [0.1, 0.15) is 5.82 Å². The first-order chi connectivity index (χ1) is 13.8. The van der Waals surface area contributed by atoms with Crippen LogP contribution in [-0.2, 0) is 4.74 Å². The van der Waals surface area contributed by atoms with Gasteiger partial charge in [-0.25, -0.2) is 4.98 Å². The lowest BCUT2D eigenvalue weighted by molar-refractivity contribution is 0.122. The van der Waals surface area contributed by atoms with Crippen molar-refractivity contribution in [1.82, 2.24) is 15.3 Å². The molecule has 6 nitrogen and oxygen atoms in total. The number of benzene rings is 1. The van der Waals surface area contributed by atoms with E-state index in [1.165, 1.54) is 38.0 Å². The van der Waals surface area contributed by atoms with E-state index in [9.17, 15) is 0 Å². The van der Waals surface area contributed by atoms with E-state index in [-0.39, 0.29) is 0 Å². The van der Waals surface area contributed by atoms with Gasteiger partial charge in [0.2, 0.25) is 0 Å². The van der Waals surface area contributed by atoms with Crippen molar-refractivity contribution >= 4 is 11.5 Å². The number of piperidine rings is 1. The summed E-state index contributed by atoms with van der Waals surface area (Å²) < 4.78 is 5.48. The molecule has 148 valence electrons. The van der Waals surface area contributed by atoms with Crippen LogP contribution in [0.25, 0.3) is 11.3 Å². The van der Waals surface area contributed by atoms with Gasteiger partial charge in [0.25, 0.3) is 0 Å². The van der Waals surface area contributed by atoms with Crippen molar-refractivity contribution in [3.8, 4) is 11.3 Å². The standard InChI is InChI=1S/C22H29N5O/c1-2-18(14-19(3-1)26-10-12-28-13-11-26)20-15-24-16-21(25-20)27-8-5-22(6-9-27)4-7-23-17-22/h1-3,14-16,23H,4-13,17H2. The van der Waals surface area contributed by atoms with Crippen LogP contribution in [0.15, 0.2) is 36.7 Å². The van der Waals surface area contributed by atoms with Gasteiger partial charge in [0.15, 0.2) is 0 Å². The van der Waals surface area contributed by atoms with Gasteiger partial charge in [-0.15, -0.1) is 0 Å². The van der Waals surface area contributed by atoms with Crippen LogP contribution in [0.5, 0.6) is 0 Å². The average Bonchev–Trinajstić information content (AvgIpc) is 3.23. The van der Waals surface area contributed by atoms with Gasteiger partial charge in [-0.05, 0) is 43.4 Å². The molecule has 3 saturated heterocycles. The number of nitrogens with one attached hydrogen (secondary N) is 1. The molecule has 3 aliphatic rings. The first-order valence-electron chi connectivity index (χ1n) is 10.5. The number of ether oxygens (including phenoxy) is 1. The molecule has 5 rings (SSSR count). The highest BCUT2D eigenvalue weighted by Gasteiger charge is 2.37. The predicted octanol–water partition coefficient (Wildman–Crippen LogP) is 2.56. The molecule has 0 amide bonds. The molecule has 0 unspecified atom stereocenters. The monoisotopic (exact) mass is 379 g/mol. The van der Waals surface area contributed by atoms with Crippen molar-refractivity contribution < 1.29 is 4.74 Å². The smallest absolute Gasteiger partial charge is 0.147 e. The molecule has 1 aromatic carbocycles. The van der Waals surface area contributed by atoms with E-state index < -0.39 is 0 Å². The Morgan fingerprint density at radius 1 is 0.964 bits per heavy atom. The molecule has 1 aromatic heterocycles. The maximum absolute atomic E-state index is 5.48. The SMILES string of the molecule is c1cc(-c2cncc(N3CCC4(CCNC4)CC3)n2)cc(N2CCOCC2)c1. The van der Waals surface area contributed by atoms with Crippen molar-refractivity contribution in [2.24, 2.45) is 5.41 Å². The number of rotatable bonds is 3. The second kappa shape index (κ2) is 7.68. The third kappa shape index (κ3) is 3.59. The zero-order valence-electron chi connectivity index (χ0n) is 16.4. The molecular weight excluding hydrogens is 350 g/mol. The lowest BCUT2D eigenvalue weighted by Crippen LogP contribution is -2.41. The quantitative estimate of drug-likeness (QED) is 0.885. The fourth-order valence-corrected chi connectivity index (χ4v) is 4.76. The number of hydrogen-bond acceptors (Lipinski definition) is 6. The highest BCUT2D eigenvalue weighted by Crippen LogP contribution is 2.38. The molecule has 2 aromatic rings. The minimum atomic E-state index is 0.522. The fraction of sp³-hybridized carbons (Fsp3) is 0.545. The first kappa shape index (κ1) is 17.9. The molecule has 0 saturated carbocycles. The summed E-state index contributed by atoms with van der Waals surface area (Å²) in [5, 5.41) is 3.54. The molecule has 3 fully saturated rings. The van der Waals surface area contributed by atoms with Gasteiger partial charge in [0, 0.05) is 44.0 Å². The average molecular weight is 380 g/mol. The van der Waals surface area contributed by atoms with Crippen LogP contribution in [0.4, 0.5) is 11.5 Å². The Bertz CT molecular complexity index is 804. The third-order valence-electron chi connectivity index (χ3n) is 6.62. The predicted molar refractivity (Wildman–Crippen MR) is 112 cm³/mol. The maximum Gasteiger partial charge on any atom is 0.147 e. The van der Waals surface area contributed by atoms with Crippen LogP contribution in [0.2, 0.25) is 0 Å². The Kier molecular flexibility index (Phi) is 4.91. The summed E-state index contributed by atoms with van der Waals surface area (Å²) in [6.07, 6.45) is 7.62. The zero-order valence-corrected chi connectivity index (χ0v) is 16.4. The van der Waals surface area contributed by atoms with E-state index in [0.29, 0.717) is 5.41 Å². The van der Waals surface area contributed by atoms with Gasteiger partial charge in [0.05, 0.1) is 31.3 Å². The van der Waals surface area contributed by atoms with Crippen LogP contribution in [0.1, 0.15) is 19.3 Å². The van der Waals surface area contributed by atoms with Gasteiger partial charge < -0.3 is 19.9 Å². The number of morpholine rings is 1. The number of anilines is 2. The van der Waals surface area contributed by atoms with Crippen molar-refractivity contribution in [1.29, 1.82) is 0 Å². The van der Waals surface area contributed by atoms with E-state index in [0.717, 1.165) is 56.5 Å². The molecule has 1 N–H and O–H groups in total. The highest BCUT2D eigenvalue weighted by atomic mass is 16.5. The van der Waals surface area contributed by atoms with E-state index in [1.807, 2.05) is 12.4 Å². The minimum Gasteiger partial charge on any atom is -0.378 e. The maximum atomic E-state index is 5.48. The van der Waals surface area contributed by atoms with Crippen LogP contribution >= 0.6 is 0 Å². The van der Waals surface area contributed by atoms with Gasteiger partial charge >= 0.3 is 0 Å². The lowest BCUT2D eigenvalue weighted by atomic mass is 9.78. The molecule has 28 heavy (non-hydrogen) atoms. The van der Waals surface area contributed by atoms with Gasteiger partial charge in [-0.2, -0.15) is 0 Å². The van der Waals surface area contributed by atoms with Crippen LogP contribution < -0.4 is 15.1 Å². The topological polar surface area (TPSA) is 53.5 Å². The summed E-state index contributed by atoms with van der Waals surface area (Å²) in [4.78, 5) is 14.3. The summed E-state index contributed by atoms with van der Waals surface area (Å²) in [7, 11) is 0. The Hall–Kier alpha value is -2.18. The van der Waals surface area contributed by atoms with Crippen molar-refractivity contribution in [2.45, 2.75) is 19.3 Å². The van der Waals surface area contributed by atoms with E-state index in [2.05, 4.69) is 44.4 Å². The van der Waals surface area contributed by atoms with Crippen molar-refractivity contribution in [2.75, 3.05) is 62.3 Å². The van der Waals surface area contributed by atoms with Crippen LogP contribution in [0.3, 0.4) is 0 Å². The summed E-state index contributed by atoms with van der Waals surface area (Å²) in [5.41, 5.74) is 3.84. The Balaban J connectivity index is 1.33. The fourth-order valence-electron chi connectivity index (χ4n) is 4.76. The minimum absolute atomic E-state index is 0.522. The molecule has 6 heteroatoms. The number of hydrogen-bond donors (Lipinski definition) is 1. The molecule has 0 aliphatic carbocycles. The number of aromatic nitrogens is 2. The lowest BCUT2D eigenvalue weighted by Gasteiger charge is -2.39. The highest BCUT2D eigenvalue weighted by molar-refractivity contribution is 5.66. The molecule has 3 aliphatic heterocycles. The molecular formula is C22H29N5O. The van der Waals surface area contributed by atoms with Crippen molar-refractivity contribution in [3.05, 3.63) is 36.7 Å².